The van der Waals surface area contributed by atoms with Crippen LogP contribution in [-0.2, 0) is 16.1 Å². The van der Waals surface area contributed by atoms with E-state index in [9.17, 15) is 4.79 Å². The molecule has 16 heavy (non-hydrogen) atoms. The maximum Gasteiger partial charge on any atom is 0.248 e. The van der Waals surface area contributed by atoms with Crippen molar-refractivity contribution in [3.8, 4) is 6.07 Å². The first-order chi connectivity index (χ1) is 7.79. The van der Waals surface area contributed by atoms with E-state index in [2.05, 4.69) is 4.98 Å². The SMILES string of the molecule is N#Cc1cc(CN2CCOCC2=O)ccn1. The van der Waals surface area contributed by atoms with Gasteiger partial charge in [-0.25, -0.2) is 4.98 Å². The average molecular weight is 217 g/mol. The number of morpholine rings is 1. The number of aromatic nitrogens is 1. The zero-order valence-corrected chi connectivity index (χ0v) is 8.72. The van der Waals surface area contributed by atoms with E-state index in [4.69, 9.17) is 10.00 Å². The standard InChI is InChI=1S/C11H11N3O2/c12-6-10-5-9(1-2-13-10)7-14-3-4-16-8-11(14)15/h1-2,5H,3-4,7-8H2. The lowest BCUT2D eigenvalue weighted by Crippen LogP contribution is -2.40. The average Bonchev–Trinajstić information content (AvgIpc) is 2.32. The molecule has 1 aromatic rings. The first-order valence-electron chi connectivity index (χ1n) is 5.00. The van der Waals surface area contributed by atoms with Gasteiger partial charge in [0.1, 0.15) is 18.4 Å². The third-order valence-corrected chi connectivity index (χ3v) is 2.40. The molecule has 0 radical (unpaired) electrons. The van der Waals surface area contributed by atoms with Gasteiger partial charge in [-0.1, -0.05) is 0 Å². The monoisotopic (exact) mass is 217 g/mol. The Kier molecular flexibility index (Phi) is 3.13. The van der Waals surface area contributed by atoms with Crippen molar-refractivity contribution < 1.29 is 9.53 Å². The highest BCUT2D eigenvalue weighted by Gasteiger charge is 2.18. The number of hydrogen-bond donors (Lipinski definition) is 0. The van der Waals surface area contributed by atoms with E-state index in [0.717, 1.165) is 5.56 Å². The maximum atomic E-state index is 11.5. The summed E-state index contributed by atoms with van der Waals surface area (Å²) in [6.07, 6.45) is 1.58. The largest absolute Gasteiger partial charge is 0.370 e. The number of hydrogen-bond acceptors (Lipinski definition) is 4. The van der Waals surface area contributed by atoms with Crippen LogP contribution < -0.4 is 0 Å². The Morgan fingerprint density at radius 2 is 2.50 bits per heavy atom. The summed E-state index contributed by atoms with van der Waals surface area (Å²) >= 11 is 0. The molecular weight excluding hydrogens is 206 g/mol. The smallest absolute Gasteiger partial charge is 0.248 e. The van der Waals surface area contributed by atoms with Gasteiger partial charge in [-0.3, -0.25) is 4.79 Å². The van der Waals surface area contributed by atoms with E-state index in [1.807, 2.05) is 12.1 Å². The molecule has 1 saturated heterocycles. The van der Waals surface area contributed by atoms with Crippen LogP contribution in [0.3, 0.4) is 0 Å². The lowest BCUT2D eigenvalue weighted by molar-refractivity contribution is -0.143. The topological polar surface area (TPSA) is 66.2 Å². The number of carbonyl (C=O) groups excluding carboxylic acids is 1. The molecule has 1 aliphatic heterocycles. The molecule has 1 fully saturated rings. The normalized spacial score (nSPS) is 15.9. The van der Waals surface area contributed by atoms with Gasteiger partial charge in [0.15, 0.2) is 0 Å². The van der Waals surface area contributed by atoms with Crippen molar-refractivity contribution >= 4 is 5.91 Å². The van der Waals surface area contributed by atoms with E-state index in [-0.39, 0.29) is 12.5 Å². The number of ether oxygens (including phenoxy) is 1. The molecular formula is C11H11N3O2. The number of nitrogens with zero attached hydrogens (tertiary/aromatic N) is 3. The van der Waals surface area contributed by atoms with Crippen LogP contribution >= 0.6 is 0 Å². The highest BCUT2D eigenvalue weighted by atomic mass is 16.5. The number of carbonyl (C=O) groups is 1. The maximum absolute atomic E-state index is 11.5. The molecule has 1 aliphatic rings. The number of nitriles is 1. The quantitative estimate of drug-likeness (QED) is 0.715. The van der Waals surface area contributed by atoms with Crippen molar-refractivity contribution in [3.05, 3.63) is 29.6 Å². The Hall–Kier alpha value is -1.93. The van der Waals surface area contributed by atoms with Crippen molar-refractivity contribution in [2.45, 2.75) is 6.54 Å². The summed E-state index contributed by atoms with van der Waals surface area (Å²) in [6.45, 7) is 1.83. The van der Waals surface area contributed by atoms with Crippen LogP contribution in [0, 0.1) is 11.3 Å². The fourth-order valence-electron chi connectivity index (χ4n) is 1.57. The van der Waals surface area contributed by atoms with Gasteiger partial charge in [0.25, 0.3) is 0 Å². The summed E-state index contributed by atoms with van der Waals surface area (Å²) in [5.41, 5.74) is 1.29. The molecule has 82 valence electrons. The Morgan fingerprint density at radius 1 is 1.62 bits per heavy atom. The molecule has 0 aromatic carbocycles. The highest BCUT2D eigenvalue weighted by molar-refractivity contribution is 5.77. The van der Waals surface area contributed by atoms with Gasteiger partial charge >= 0.3 is 0 Å². The third-order valence-electron chi connectivity index (χ3n) is 2.40. The summed E-state index contributed by atoms with van der Waals surface area (Å²) in [7, 11) is 0. The molecule has 1 aromatic heterocycles. The van der Waals surface area contributed by atoms with Crippen LogP contribution in [0.4, 0.5) is 0 Å². The molecule has 5 nitrogen and oxygen atoms in total. The summed E-state index contributed by atoms with van der Waals surface area (Å²) in [5, 5.41) is 8.71. The summed E-state index contributed by atoms with van der Waals surface area (Å²) in [6, 6.07) is 5.48. The molecule has 0 bridgehead atoms. The highest BCUT2D eigenvalue weighted by Crippen LogP contribution is 2.08. The second-order valence-electron chi connectivity index (χ2n) is 3.53. The fraction of sp³-hybridized carbons (Fsp3) is 0.364. The summed E-state index contributed by atoms with van der Waals surface area (Å²) in [4.78, 5) is 17.1. The second kappa shape index (κ2) is 4.73. The Labute approximate surface area is 93.3 Å². The van der Waals surface area contributed by atoms with Gasteiger partial charge in [0.05, 0.1) is 6.61 Å². The molecule has 5 heteroatoms. The first kappa shape index (κ1) is 10.6. The lowest BCUT2D eigenvalue weighted by Gasteiger charge is -2.26. The third kappa shape index (κ3) is 2.35. The molecule has 0 unspecified atom stereocenters. The van der Waals surface area contributed by atoms with Gasteiger partial charge in [-0.2, -0.15) is 5.26 Å². The Morgan fingerprint density at radius 3 is 3.25 bits per heavy atom. The van der Waals surface area contributed by atoms with E-state index in [1.165, 1.54) is 0 Å². The molecule has 0 aliphatic carbocycles. The predicted molar refractivity (Wildman–Crippen MR) is 55.2 cm³/mol. The zero-order valence-electron chi connectivity index (χ0n) is 8.72. The molecule has 2 rings (SSSR count). The van der Waals surface area contributed by atoms with Crippen molar-refractivity contribution in [3.63, 3.8) is 0 Å². The summed E-state index contributed by atoms with van der Waals surface area (Å²) < 4.78 is 5.04. The van der Waals surface area contributed by atoms with Crippen LogP contribution in [0.5, 0.6) is 0 Å². The minimum absolute atomic E-state index is 0.0124. The van der Waals surface area contributed by atoms with E-state index in [1.54, 1.807) is 17.2 Å². The summed E-state index contributed by atoms with van der Waals surface area (Å²) in [5.74, 6) is -0.0124. The van der Waals surface area contributed by atoms with Crippen LogP contribution in [-0.4, -0.2) is 35.5 Å². The first-order valence-corrected chi connectivity index (χ1v) is 5.00. The van der Waals surface area contributed by atoms with Crippen LogP contribution in [0.25, 0.3) is 0 Å². The van der Waals surface area contributed by atoms with Gasteiger partial charge in [-0.15, -0.1) is 0 Å². The fourth-order valence-corrected chi connectivity index (χ4v) is 1.57. The zero-order chi connectivity index (χ0) is 11.4. The van der Waals surface area contributed by atoms with Crippen molar-refractivity contribution in [2.24, 2.45) is 0 Å². The molecule has 2 heterocycles. The lowest BCUT2D eigenvalue weighted by atomic mass is 10.2. The molecule has 0 atom stereocenters. The number of amides is 1. The van der Waals surface area contributed by atoms with E-state index in [0.29, 0.717) is 25.4 Å². The van der Waals surface area contributed by atoms with Gasteiger partial charge in [0, 0.05) is 19.3 Å². The molecule has 0 spiro atoms. The molecule has 0 saturated carbocycles. The Bertz CT molecular complexity index is 439. The number of rotatable bonds is 2. The van der Waals surface area contributed by atoms with Crippen LogP contribution in [0.2, 0.25) is 0 Å². The van der Waals surface area contributed by atoms with Crippen molar-refractivity contribution in [1.29, 1.82) is 5.26 Å². The van der Waals surface area contributed by atoms with Crippen molar-refractivity contribution in [2.75, 3.05) is 19.8 Å². The minimum Gasteiger partial charge on any atom is -0.370 e. The van der Waals surface area contributed by atoms with E-state index < -0.39 is 0 Å². The molecule has 0 N–H and O–H groups in total. The van der Waals surface area contributed by atoms with Crippen LogP contribution in [0.15, 0.2) is 18.3 Å². The minimum atomic E-state index is -0.0124. The van der Waals surface area contributed by atoms with Gasteiger partial charge < -0.3 is 9.64 Å². The molecule has 1 amide bonds. The second-order valence-corrected chi connectivity index (χ2v) is 3.53. The van der Waals surface area contributed by atoms with Crippen LogP contribution in [0.1, 0.15) is 11.3 Å². The van der Waals surface area contributed by atoms with Gasteiger partial charge in [-0.05, 0) is 17.7 Å². The van der Waals surface area contributed by atoms with E-state index >= 15 is 0 Å². The number of pyridine rings is 1. The Balaban J connectivity index is 2.08. The predicted octanol–water partition coefficient (Wildman–Crippen LogP) is 0.312. The van der Waals surface area contributed by atoms with Crippen molar-refractivity contribution in [1.82, 2.24) is 9.88 Å². The van der Waals surface area contributed by atoms with Gasteiger partial charge in [0.2, 0.25) is 5.91 Å².